The maximum atomic E-state index is 13.2. The summed E-state index contributed by atoms with van der Waals surface area (Å²) in [4.78, 5) is 26.2. The highest BCUT2D eigenvalue weighted by Crippen LogP contribution is 2.26. The number of aliphatic hydroxyl groups is 1. The van der Waals surface area contributed by atoms with E-state index < -0.39 is 6.10 Å². The third-order valence-electron chi connectivity index (χ3n) is 7.97. The Bertz CT molecular complexity index is 1310. The Morgan fingerprint density at radius 1 is 1.15 bits per heavy atom. The molecule has 6 rings (SSSR count). The van der Waals surface area contributed by atoms with Crippen LogP contribution in [-0.2, 0) is 24.3 Å². The number of fused-ring (bicyclic) bond motifs is 1. The van der Waals surface area contributed by atoms with E-state index >= 15 is 0 Å². The van der Waals surface area contributed by atoms with Gasteiger partial charge in [0.1, 0.15) is 24.0 Å². The van der Waals surface area contributed by atoms with Gasteiger partial charge in [0, 0.05) is 50.9 Å². The van der Waals surface area contributed by atoms with Crippen LogP contribution >= 0.6 is 0 Å². The Morgan fingerprint density at radius 3 is 2.80 bits per heavy atom. The second-order valence-corrected chi connectivity index (χ2v) is 11.0. The van der Waals surface area contributed by atoms with Crippen LogP contribution in [0.4, 0.5) is 11.6 Å². The molecular weight excluding hydrogens is 524 g/mol. The number of carbonyl (C=O) groups excluding carboxylic acids is 1. The number of oxazole rings is 1. The zero-order chi connectivity index (χ0) is 28.0. The molecule has 11 heteroatoms. The van der Waals surface area contributed by atoms with Crippen LogP contribution in [0.15, 0.2) is 47.3 Å². The summed E-state index contributed by atoms with van der Waals surface area (Å²) in [6, 6.07) is 10.2. The fourth-order valence-electron chi connectivity index (χ4n) is 5.41. The summed E-state index contributed by atoms with van der Waals surface area (Å²) < 4.78 is 16.5. The van der Waals surface area contributed by atoms with Crippen molar-refractivity contribution in [2.45, 2.75) is 51.0 Å². The quantitative estimate of drug-likeness (QED) is 0.321. The predicted octanol–water partition coefficient (Wildman–Crippen LogP) is 2.60. The molecule has 2 fully saturated rings. The average molecular weight is 563 g/mol. The highest BCUT2D eigenvalue weighted by Gasteiger charge is 2.23. The summed E-state index contributed by atoms with van der Waals surface area (Å²) in [5.41, 5.74) is 3.02. The molecule has 1 aromatic carbocycles. The van der Waals surface area contributed by atoms with Crippen LogP contribution in [0.5, 0.6) is 5.75 Å². The molecule has 1 atom stereocenters. The molecule has 1 saturated carbocycles. The van der Waals surface area contributed by atoms with Crippen molar-refractivity contribution in [2.24, 2.45) is 0 Å². The maximum Gasteiger partial charge on any atom is 0.251 e. The number of nitrogens with one attached hydrogen (secondary N) is 2. The van der Waals surface area contributed by atoms with Gasteiger partial charge in [-0.2, -0.15) is 0 Å². The summed E-state index contributed by atoms with van der Waals surface area (Å²) in [6.07, 6.45) is 6.69. The summed E-state index contributed by atoms with van der Waals surface area (Å²) in [7, 11) is 0. The number of hydrogen-bond donors (Lipinski definition) is 3. The molecule has 218 valence electrons. The topological polar surface area (TPSA) is 125 Å². The van der Waals surface area contributed by atoms with Gasteiger partial charge in [0.05, 0.1) is 25.5 Å². The number of anilines is 2. The zero-order valence-corrected chi connectivity index (χ0v) is 23.3. The van der Waals surface area contributed by atoms with Crippen LogP contribution in [0, 0.1) is 0 Å². The Kier molecular flexibility index (Phi) is 8.64. The second kappa shape index (κ2) is 12.9. The number of rotatable bonds is 11. The van der Waals surface area contributed by atoms with E-state index in [2.05, 4.69) is 37.6 Å². The fraction of sp³-hybridized carbons (Fsp3) is 0.500. The van der Waals surface area contributed by atoms with Crippen LogP contribution in [0.25, 0.3) is 0 Å². The van der Waals surface area contributed by atoms with E-state index in [1.807, 2.05) is 18.2 Å². The predicted molar refractivity (Wildman–Crippen MR) is 153 cm³/mol. The number of hydrogen-bond acceptors (Lipinski definition) is 10. The summed E-state index contributed by atoms with van der Waals surface area (Å²) in [6.45, 7) is 5.36. The summed E-state index contributed by atoms with van der Waals surface area (Å²) in [5.74, 6) is 2.78. The van der Waals surface area contributed by atoms with E-state index in [-0.39, 0.29) is 12.5 Å². The molecule has 3 N–H and O–H groups in total. The summed E-state index contributed by atoms with van der Waals surface area (Å²) >= 11 is 0. The molecular formula is C30H38N6O5. The molecule has 4 heterocycles. The minimum Gasteiger partial charge on any atom is -0.486 e. The number of benzene rings is 1. The normalized spacial score (nSPS) is 18.3. The van der Waals surface area contributed by atoms with Gasteiger partial charge in [-0.15, -0.1) is 0 Å². The molecule has 3 aliphatic rings. The zero-order valence-electron chi connectivity index (χ0n) is 23.3. The second-order valence-electron chi connectivity index (χ2n) is 11.0. The van der Waals surface area contributed by atoms with Crippen molar-refractivity contribution in [3.63, 3.8) is 0 Å². The highest BCUT2D eigenvalue weighted by atomic mass is 16.5. The average Bonchev–Trinajstić information content (AvgIpc) is 3.51. The van der Waals surface area contributed by atoms with E-state index in [0.717, 1.165) is 62.8 Å². The van der Waals surface area contributed by atoms with E-state index in [4.69, 9.17) is 18.9 Å². The number of morpholine rings is 1. The molecule has 41 heavy (non-hydrogen) atoms. The van der Waals surface area contributed by atoms with Gasteiger partial charge in [0.2, 0.25) is 0 Å². The maximum absolute atomic E-state index is 13.2. The molecule has 2 aliphatic heterocycles. The Labute approximate surface area is 239 Å². The van der Waals surface area contributed by atoms with Gasteiger partial charge in [-0.05, 0) is 61.1 Å². The first-order valence-electron chi connectivity index (χ1n) is 14.5. The minimum atomic E-state index is -0.682. The van der Waals surface area contributed by atoms with E-state index in [9.17, 15) is 9.90 Å². The van der Waals surface area contributed by atoms with Crippen LogP contribution < -0.4 is 20.3 Å². The first-order valence-corrected chi connectivity index (χ1v) is 14.5. The molecule has 0 spiro atoms. The van der Waals surface area contributed by atoms with Crippen molar-refractivity contribution in [1.82, 2.24) is 20.2 Å². The standard InChI is InChI=1S/C30H38N6O5/c37-25(18-35-7-6-21-12-26(5-4-22(21)17-35)40-19-27-16-31-20-41-27)15-32-30(38)23-13-28(33-24-2-1-3-24)34-29(14-23)36-8-10-39-11-9-36/h4-5,12-14,16,20,24-25,37H,1-3,6-11,15,17-19H2,(H,32,38)(H,33,34)/t25-/m0/s1. The molecule has 1 saturated heterocycles. The lowest BCUT2D eigenvalue weighted by Crippen LogP contribution is -2.42. The molecule has 3 aromatic rings. The summed E-state index contributed by atoms with van der Waals surface area (Å²) in [5, 5.41) is 17.2. The number of aliphatic hydroxyl groups excluding tert-OH is 1. The number of nitrogens with zero attached hydrogens (tertiary/aromatic N) is 4. The van der Waals surface area contributed by atoms with Crippen LogP contribution in [0.2, 0.25) is 0 Å². The third-order valence-corrected chi connectivity index (χ3v) is 7.97. The largest absolute Gasteiger partial charge is 0.486 e. The van der Waals surface area contributed by atoms with E-state index in [0.29, 0.717) is 43.7 Å². The van der Waals surface area contributed by atoms with Crippen molar-refractivity contribution in [3.05, 3.63) is 65.4 Å². The van der Waals surface area contributed by atoms with Crippen LogP contribution in [0.3, 0.4) is 0 Å². The lowest BCUT2D eigenvalue weighted by molar-refractivity contribution is 0.0841. The number of β-amino-alcohol motifs (C(OH)–C–C–N with tert-alkyl or cyclic N) is 1. The molecule has 11 nitrogen and oxygen atoms in total. The Hall–Kier alpha value is -3.67. The number of amides is 1. The van der Waals surface area contributed by atoms with Crippen molar-refractivity contribution < 1.29 is 23.8 Å². The molecule has 1 aliphatic carbocycles. The fourth-order valence-corrected chi connectivity index (χ4v) is 5.41. The van der Waals surface area contributed by atoms with Crippen molar-refractivity contribution in [1.29, 1.82) is 0 Å². The van der Waals surface area contributed by atoms with Gasteiger partial charge in [-0.3, -0.25) is 9.69 Å². The first-order chi connectivity index (χ1) is 20.1. The van der Waals surface area contributed by atoms with E-state index in [1.54, 1.807) is 6.20 Å². The lowest BCUT2D eigenvalue weighted by atomic mass is 9.93. The monoisotopic (exact) mass is 562 g/mol. The molecule has 1 amide bonds. The van der Waals surface area contributed by atoms with Gasteiger partial charge < -0.3 is 34.5 Å². The number of carbonyl (C=O) groups is 1. The van der Waals surface area contributed by atoms with Gasteiger partial charge in [-0.1, -0.05) is 6.07 Å². The molecule has 0 bridgehead atoms. The SMILES string of the molecule is O=C(NC[C@H](O)CN1CCc2cc(OCc3cnco3)ccc2C1)c1cc(NC2CCC2)nc(N2CCOCC2)c1. The number of pyridine rings is 1. The minimum absolute atomic E-state index is 0.178. The van der Waals surface area contributed by atoms with Gasteiger partial charge in [0.25, 0.3) is 5.91 Å². The van der Waals surface area contributed by atoms with Crippen molar-refractivity contribution >= 4 is 17.5 Å². The Balaban J connectivity index is 1.01. The smallest absolute Gasteiger partial charge is 0.251 e. The van der Waals surface area contributed by atoms with E-state index in [1.165, 1.54) is 23.9 Å². The first kappa shape index (κ1) is 27.5. The third kappa shape index (κ3) is 7.16. The number of aromatic nitrogens is 2. The van der Waals surface area contributed by atoms with Crippen molar-refractivity contribution in [3.8, 4) is 5.75 Å². The molecule has 0 radical (unpaired) electrons. The van der Waals surface area contributed by atoms with Gasteiger partial charge >= 0.3 is 0 Å². The Morgan fingerprint density at radius 2 is 2.02 bits per heavy atom. The highest BCUT2D eigenvalue weighted by molar-refractivity contribution is 5.95. The molecule has 2 aromatic heterocycles. The van der Waals surface area contributed by atoms with Gasteiger partial charge in [0.15, 0.2) is 12.2 Å². The van der Waals surface area contributed by atoms with Crippen LogP contribution in [-0.4, -0.2) is 84.0 Å². The van der Waals surface area contributed by atoms with Crippen LogP contribution in [0.1, 0.15) is 46.5 Å². The number of ether oxygens (including phenoxy) is 2. The van der Waals surface area contributed by atoms with Gasteiger partial charge in [-0.25, -0.2) is 9.97 Å². The van der Waals surface area contributed by atoms with Crippen molar-refractivity contribution in [2.75, 3.05) is 56.2 Å². The lowest BCUT2D eigenvalue weighted by Gasteiger charge is -2.31. The molecule has 0 unspecified atom stereocenters.